The van der Waals surface area contributed by atoms with E-state index in [9.17, 15) is 4.79 Å². The van der Waals surface area contributed by atoms with Gasteiger partial charge in [0.2, 0.25) is 0 Å². The Hall–Kier alpha value is -1.23. The summed E-state index contributed by atoms with van der Waals surface area (Å²) in [6.07, 6.45) is 6.84. The highest BCUT2D eigenvalue weighted by Crippen LogP contribution is 2.22. The van der Waals surface area contributed by atoms with E-state index in [0.29, 0.717) is 12.1 Å². The lowest BCUT2D eigenvalue weighted by atomic mass is 10.2. The van der Waals surface area contributed by atoms with Crippen molar-refractivity contribution in [1.82, 2.24) is 4.90 Å². The molecule has 0 aromatic heterocycles. The minimum atomic E-state index is -0.00361. The number of allylic oxidation sites excluding steroid dienone is 1. The summed E-state index contributed by atoms with van der Waals surface area (Å²) in [4.78, 5) is 13.7. The van der Waals surface area contributed by atoms with Crippen LogP contribution in [-0.2, 0) is 4.79 Å². The van der Waals surface area contributed by atoms with Crippen molar-refractivity contribution < 1.29 is 4.79 Å². The highest BCUT2D eigenvalue weighted by atomic mass is 16.2. The van der Waals surface area contributed by atoms with E-state index in [-0.39, 0.29) is 5.91 Å². The van der Waals surface area contributed by atoms with E-state index in [1.165, 1.54) is 0 Å². The molecule has 1 heterocycles. The zero-order chi connectivity index (χ0) is 12.0. The van der Waals surface area contributed by atoms with Crippen LogP contribution in [0.1, 0.15) is 46.0 Å². The maximum absolute atomic E-state index is 11.8. The second kappa shape index (κ2) is 6.37. The molecule has 1 rings (SSSR count). The molecule has 0 N–H and O–H groups in total. The third-order valence-corrected chi connectivity index (χ3v) is 3.09. The van der Waals surface area contributed by atoms with Gasteiger partial charge in [-0.1, -0.05) is 12.0 Å². The minimum absolute atomic E-state index is 0.00361. The van der Waals surface area contributed by atoms with Crippen LogP contribution in [0.15, 0.2) is 12.7 Å². The highest BCUT2D eigenvalue weighted by Gasteiger charge is 2.30. The van der Waals surface area contributed by atoms with Crippen LogP contribution in [0.25, 0.3) is 0 Å². The van der Waals surface area contributed by atoms with Gasteiger partial charge in [-0.2, -0.15) is 0 Å². The topological polar surface area (TPSA) is 20.3 Å². The number of carbonyl (C=O) groups excluding carboxylic acids is 1. The predicted octanol–water partition coefficient (Wildman–Crippen LogP) is 2.75. The molecule has 2 heteroatoms. The van der Waals surface area contributed by atoms with Gasteiger partial charge in [-0.05, 0) is 45.5 Å². The van der Waals surface area contributed by atoms with Crippen LogP contribution in [0.4, 0.5) is 0 Å². The van der Waals surface area contributed by atoms with E-state index in [2.05, 4.69) is 32.3 Å². The monoisotopic (exact) mass is 219 g/mol. The van der Waals surface area contributed by atoms with Crippen LogP contribution in [0.5, 0.6) is 0 Å². The van der Waals surface area contributed by atoms with Crippen LogP contribution in [0.2, 0.25) is 0 Å². The van der Waals surface area contributed by atoms with E-state index in [0.717, 1.165) is 32.1 Å². The van der Waals surface area contributed by atoms with E-state index >= 15 is 0 Å². The fourth-order valence-electron chi connectivity index (χ4n) is 2.13. The molecule has 2 nitrogen and oxygen atoms in total. The summed E-state index contributed by atoms with van der Waals surface area (Å²) in [7, 11) is 0. The van der Waals surface area contributed by atoms with E-state index < -0.39 is 0 Å². The fourth-order valence-corrected chi connectivity index (χ4v) is 2.13. The number of unbranched alkanes of at least 4 members (excludes halogenated alkanes) is 2. The average Bonchev–Trinajstić information content (AvgIpc) is 2.58. The number of carbonyl (C=O) groups is 1. The van der Waals surface area contributed by atoms with Crippen molar-refractivity contribution in [2.24, 2.45) is 0 Å². The molecule has 1 aliphatic rings. The van der Waals surface area contributed by atoms with Crippen molar-refractivity contribution in [3.8, 4) is 11.8 Å². The first kappa shape index (κ1) is 12.8. The van der Waals surface area contributed by atoms with Gasteiger partial charge in [0.05, 0.1) is 0 Å². The number of likely N-dealkylation sites (tertiary alicyclic amines) is 1. The molecule has 0 spiro atoms. The SMILES string of the molecule is C=CCCCC#CC(=O)N1[C@H](C)CC[C@H]1C. The molecule has 0 bridgehead atoms. The predicted molar refractivity (Wildman–Crippen MR) is 66.8 cm³/mol. The zero-order valence-corrected chi connectivity index (χ0v) is 10.3. The Morgan fingerprint density at radius 3 is 2.62 bits per heavy atom. The van der Waals surface area contributed by atoms with Crippen molar-refractivity contribution in [3.63, 3.8) is 0 Å². The van der Waals surface area contributed by atoms with Gasteiger partial charge < -0.3 is 4.90 Å². The Labute approximate surface area is 98.7 Å². The minimum Gasteiger partial charge on any atom is -0.326 e. The lowest BCUT2D eigenvalue weighted by Gasteiger charge is -2.23. The maximum Gasteiger partial charge on any atom is 0.298 e. The van der Waals surface area contributed by atoms with Gasteiger partial charge in [-0.25, -0.2) is 0 Å². The Bertz CT molecular complexity index is 300. The normalized spacial score (nSPS) is 23.8. The summed E-state index contributed by atoms with van der Waals surface area (Å²) in [5.41, 5.74) is 0. The molecule has 2 atom stereocenters. The van der Waals surface area contributed by atoms with Gasteiger partial charge in [-0.3, -0.25) is 4.79 Å². The molecule has 0 aromatic carbocycles. The quantitative estimate of drug-likeness (QED) is 0.406. The molecule has 88 valence electrons. The molecule has 1 amide bonds. The highest BCUT2D eigenvalue weighted by molar-refractivity contribution is 5.94. The first-order valence-corrected chi connectivity index (χ1v) is 6.09. The third-order valence-electron chi connectivity index (χ3n) is 3.09. The molecule has 0 unspecified atom stereocenters. The molecular weight excluding hydrogens is 198 g/mol. The summed E-state index contributed by atoms with van der Waals surface area (Å²) in [6.45, 7) is 7.85. The maximum atomic E-state index is 11.8. The molecule has 0 aromatic rings. The second-order valence-corrected chi connectivity index (χ2v) is 4.47. The molecule has 1 saturated heterocycles. The Morgan fingerprint density at radius 1 is 1.44 bits per heavy atom. The molecule has 16 heavy (non-hydrogen) atoms. The van der Waals surface area contributed by atoms with Gasteiger partial charge in [0.1, 0.15) is 0 Å². The fraction of sp³-hybridized carbons (Fsp3) is 0.643. The molecule has 0 radical (unpaired) electrons. The average molecular weight is 219 g/mol. The Kier molecular flexibility index (Phi) is 5.11. The van der Waals surface area contributed by atoms with Crippen LogP contribution in [0, 0.1) is 11.8 Å². The first-order chi connectivity index (χ1) is 7.66. The van der Waals surface area contributed by atoms with Crippen molar-refractivity contribution in [2.45, 2.75) is 58.0 Å². The lowest BCUT2D eigenvalue weighted by molar-refractivity contribution is -0.127. The number of nitrogens with zero attached hydrogens (tertiary/aromatic N) is 1. The van der Waals surface area contributed by atoms with Crippen LogP contribution < -0.4 is 0 Å². The van der Waals surface area contributed by atoms with Gasteiger partial charge in [0.15, 0.2) is 0 Å². The van der Waals surface area contributed by atoms with E-state index in [4.69, 9.17) is 0 Å². The zero-order valence-electron chi connectivity index (χ0n) is 10.3. The molecule has 0 saturated carbocycles. The lowest BCUT2D eigenvalue weighted by Crippen LogP contribution is -2.37. The summed E-state index contributed by atoms with van der Waals surface area (Å²) >= 11 is 0. The number of hydrogen-bond acceptors (Lipinski definition) is 1. The summed E-state index contributed by atoms with van der Waals surface area (Å²) in [5.74, 6) is 5.69. The van der Waals surface area contributed by atoms with Crippen molar-refractivity contribution in [3.05, 3.63) is 12.7 Å². The van der Waals surface area contributed by atoms with E-state index in [1.54, 1.807) is 0 Å². The molecule has 0 aliphatic carbocycles. The Balaban J connectivity index is 2.41. The number of rotatable bonds is 3. The van der Waals surface area contributed by atoms with Crippen molar-refractivity contribution >= 4 is 5.91 Å². The number of hydrogen-bond donors (Lipinski definition) is 0. The molecular formula is C14H21NO. The first-order valence-electron chi connectivity index (χ1n) is 6.09. The smallest absolute Gasteiger partial charge is 0.298 e. The van der Waals surface area contributed by atoms with Gasteiger partial charge in [0.25, 0.3) is 5.91 Å². The van der Waals surface area contributed by atoms with Crippen LogP contribution >= 0.6 is 0 Å². The van der Waals surface area contributed by atoms with Crippen molar-refractivity contribution in [2.75, 3.05) is 0 Å². The summed E-state index contributed by atoms with van der Waals surface area (Å²) < 4.78 is 0. The Morgan fingerprint density at radius 2 is 2.06 bits per heavy atom. The van der Waals surface area contributed by atoms with Crippen LogP contribution in [0.3, 0.4) is 0 Å². The standard InChI is InChI=1S/C14H21NO/c1-4-5-6-7-8-9-14(16)15-12(2)10-11-13(15)3/h4,12-13H,1,5-7,10-11H2,2-3H3/t12-,13-/m1/s1. The molecule has 1 fully saturated rings. The molecule has 1 aliphatic heterocycles. The third kappa shape index (κ3) is 3.41. The van der Waals surface area contributed by atoms with Gasteiger partial charge >= 0.3 is 0 Å². The van der Waals surface area contributed by atoms with E-state index in [1.807, 2.05) is 11.0 Å². The van der Waals surface area contributed by atoms with Gasteiger partial charge in [-0.15, -0.1) is 6.58 Å². The van der Waals surface area contributed by atoms with Gasteiger partial charge in [0, 0.05) is 18.5 Å². The largest absolute Gasteiger partial charge is 0.326 e. The number of amides is 1. The van der Waals surface area contributed by atoms with Crippen molar-refractivity contribution in [1.29, 1.82) is 0 Å². The summed E-state index contributed by atoms with van der Waals surface area (Å²) in [6, 6.07) is 0.704. The second-order valence-electron chi connectivity index (χ2n) is 4.47. The van der Waals surface area contributed by atoms with Crippen LogP contribution in [-0.4, -0.2) is 22.9 Å². The summed E-state index contributed by atoms with van der Waals surface area (Å²) in [5, 5.41) is 0.